The molecule has 0 bridgehead atoms. The van der Waals surface area contributed by atoms with Crippen LogP contribution in [0.2, 0.25) is 0 Å². The number of fused-ring (bicyclic) bond motifs is 1. The Bertz CT molecular complexity index is 1590. The first-order valence-electron chi connectivity index (χ1n) is 14.0. The van der Waals surface area contributed by atoms with Gasteiger partial charge < -0.3 is 10.6 Å². The molecule has 11 nitrogen and oxygen atoms in total. The number of carbonyl (C=O) groups excluding carboxylic acids is 3. The number of nitrogens with one attached hydrogen (secondary N) is 3. The van der Waals surface area contributed by atoms with Crippen LogP contribution in [0.1, 0.15) is 64.9 Å². The summed E-state index contributed by atoms with van der Waals surface area (Å²) in [6, 6.07) is 14.9. The lowest BCUT2D eigenvalue weighted by molar-refractivity contribution is -0.129. The van der Waals surface area contributed by atoms with Crippen LogP contribution in [0.4, 0.5) is 11.5 Å². The Morgan fingerprint density at radius 3 is 2.29 bits per heavy atom. The van der Waals surface area contributed by atoms with E-state index in [1.165, 1.54) is 0 Å². The van der Waals surface area contributed by atoms with Crippen molar-refractivity contribution in [2.24, 2.45) is 5.41 Å². The number of rotatable bonds is 11. The Kier molecular flexibility index (Phi) is 9.64. The summed E-state index contributed by atoms with van der Waals surface area (Å²) in [5.74, 6) is -0.151. The Balaban J connectivity index is 1.42. The first kappa shape index (κ1) is 30.3. The van der Waals surface area contributed by atoms with Crippen LogP contribution in [-0.4, -0.2) is 42.5 Å². The molecular formula is C31H37N7O4. The minimum absolute atomic E-state index is 0.0583. The Morgan fingerprint density at radius 2 is 1.57 bits per heavy atom. The van der Waals surface area contributed by atoms with Crippen molar-refractivity contribution in [1.82, 2.24) is 25.1 Å². The van der Waals surface area contributed by atoms with Crippen LogP contribution < -0.4 is 16.1 Å². The third-order valence-corrected chi connectivity index (χ3v) is 6.74. The molecule has 0 unspecified atom stereocenters. The molecule has 0 saturated heterocycles. The fourth-order valence-corrected chi connectivity index (χ4v) is 4.22. The van der Waals surface area contributed by atoms with Crippen molar-refractivity contribution in [3.63, 3.8) is 0 Å². The highest BCUT2D eigenvalue weighted by molar-refractivity contribution is 5.95. The zero-order valence-electron chi connectivity index (χ0n) is 24.4. The van der Waals surface area contributed by atoms with Gasteiger partial charge >= 0.3 is 0 Å². The lowest BCUT2D eigenvalue weighted by Gasteiger charge is -2.19. The maximum Gasteiger partial charge on any atom is 0.243 e. The van der Waals surface area contributed by atoms with Gasteiger partial charge in [0, 0.05) is 29.5 Å². The van der Waals surface area contributed by atoms with E-state index in [1.807, 2.05) is 76.4 Å². The van der Waals surface area contributed by atoms with Crippen molar-refractivity contribution in [3.8, 4) is 22.6 Å². The van der Waals surface area contributed by atoms with Crippen LogP contribution in [0, 0.1) is 12.3 Å². The van der Waals surface area contributed by atoms with Gasteiger partial charge in [-0.25, -0.2) is 20.0 Å². The van der Waals surface area contributed by atoms with Crippen molar-refractivity contribution in [1.29, 1.82) is 0 Å². The van der Waals surface area contributed by atoms with E-state index < -0.39 is 11.3 Å². The highest BCUT2D eigenvalue weighted by atomic mass is 16.5. The normalized spacial score (nSPS) is 11.4. The van der Waals surface area contributed by atoms with E-state index in [4.69, 9.17) is 15.3 Å². The zero-order valence-corrected chi connectivity index (χ0v) is 24.4. The first-order chi connectivity index (χ1) is 20.0. The number of nitrogens with zero attached hydrogens (tertiary/aromatic N) is 4. The molecule has 42 heavy (non-hydrogen) atoms. The average Bonchev–Trinajstić information content (AvgIpc) is 3.39. The average molecular weight is 572 g/mol. The van der Waals surface area contributed by atoms with Gasteiger partial charge in [0.1, 0.15) is 11.5 Å². The predicted molar refractivity (Wildman–Crippen MR) is 161 cm³/mol. The lowest BCUT2D eigenvalue weighted by atomic mass is 9.95. The van der Waals surface area contributed by atoms with Gasteiger partial charge in [-0.1, -0.05) is 51.8 Å². The molecule has 4 N–H and O–H groups in total. The summed E-state index contributed by atoms with van der Waals surface area (Å²) in [6.45, 7) is 7.58. The van der Waals surface area contributed by atoms with Crippen LogP contribution in [0.5, 0.6) is 0 Å². The Labute approximate surface area is 244 Å². The van der Waals surface area contributed by atoms with Gasteiger partial charge in [-0.05, 0) is 55.7 Å². The largest absolute Gasteiger partial charge is 0.325 e. The molecule has 0 spiro atoms. The zero-order chi connectivity index (χ0) is 30.3. The molecule has 3 aromatic heterocycles. The van der Waals surface area contributed by atoms with Gasteiger partial charge in [0.2, 0.25) is 17.7 Å². The van der Waals surface area contributed by atoms with Gasteiger partial charge in [0.15, 0.2) is 5.65 Å². The van der Waals surface area contributed by atoms with Crippen LogP contribution in [-0.2, 0) is 14.4 Å². The molecular weight excluding hydrogens is 534 g/mol. The summed E-state index contributed by atoms with van der Waals surface area (Å²) >= 11 is 0. The molecule has 4 aromatic rings. The van der Waals surface area contributed by atoms with E-state index in [0.29, 0.717) is 42.1 Å². The number of amides is 3. The SMILES string of the molecule is Cc1ccc(-c2cn3nc(-c4cccc(NC(=O)CCCCCCC(=O)NO)n4)ccc3n2)cc1NC(=O)C(C)(C)C. The number of anilines is 2. The number of pyridine rings is 1. The van der Waals surface area contributed by atoms with Crippen molar-refractivity contribution in [2.45, 2.75) is 66.2 Å². The molecule has 0 saturated carbocycles. The Hall–Kier alpha value is -4.64. The van der Waals surface area contributed by atoms with E-state index >= 15 is 0 Å². The minimum Gasteiger partial charge on any atom is -0.325 e. The lowest BCUT2D eigenvalue weighted by Crippen LogP contribution is -2.27. The number of hydrogen-bond donors (Lipinski definition) is 4. The van der Waals surface area contributed by atoms with Crippen LogP contribution in [0.15, 0.2) is 54.7 Å². The molecule has 0 atom stereocenters. The summed E-state index contributed by atoms with van der Waals surface area (Å²) < 4.78 is 1.69. The summed E-state index contributed by atoms with van der Waals surface area (Å²) in [6.07, 6.45) is 5.42. The maximum absolute atomic E-state index is 12.6. The maximum atomic E-state index is 12.6. The van der Waals surface area contributed by atoms with Gasteiger partial charge in [-0.15, -0.1) is 0 Å². The number of hydroxylamine groups is 1. The van der Waals surface area contributed by atoms with Crippen LogP contribution in [0.25, 0.3) is 28.3 Å². The summed E-state index contributed by atoms with van der Waals surface area (Å²) in [5, 5.41) is 19.1. The number of hydrogen-bond acceptors (Lipinski definition) is 7. The molecule has 0 fully saturated rings. The highest BCUT2D eigenvalue weighted by Crippen LogP contribution is 2.27. The minimum atomic E-state index is -0.511. The fourth-order valence-electron chi connectivity index (χ4n) is 4.22. The summed E-state index contributed by atoms with van der Waals surface area (Å²) in [5.41, 5.74) is 6.28. The van der Waals surface area contributed by atoms with Gasteiger partial charge in [-0.3, -0.25) is 19.6 Å². The topological polar surface area (TPSA) is 151 Å². The molecule has 1 aromatic carbocycles. The summed E-state index contributed by atoms with van der Waals surface area (Å²) in [4.78, 5) is 45.3. The summed E-state index contributed by atoms with van der Waals surface area (Å²) in [7, 11) is 0. The molecule has 3 heterocycles. The quantitative estimate of drug-likeness (QED) is 0.105. The molecule has 0 radical (unpaired) electrons. The second kappa shape index (κ2) is 13.3. The first-order valence-corrected chi connectivity index (χ1v) is 14.0. The van der Waals surface area contributed by atoms with E-state index in [1.54, 1.807) is 16.1 Å². The molecule has 220 valence electrons. The number of imidazole rings is 1. The van der Waals surface area contributed by atoms with Gasteiger partial charge in [-0.2, -0.15) is 5.10 Å². The third kappa shape index (κ3) is 7.97. The predicted octanol–water partition coefficient (Wildman–Crippen LogP) is 5.54. The van der Waals surface area contributed by atoms with E-state index in [-0.39, 0.29) is 18.2 Å². The van der Waals surface area contributed by atoms with E-state index in [0.717, 1.165) is 35.3 Å². The van der Waals surface area contributed by atoms with Gasteiger partial charge in [0.05, 0.1) is 17.6 Å². The highest BCUT2D eigenvalue weighted by Gasteiger charge is 2.22. The molecule has 0 aliphatic rings. The number of benzene rings is 1. The number of carbonyl (C=O) groups is 3. The Morgan fingerprint density at radius 1 is 0.833 bits per heavy atom. The monoisotopic (exact) mass is 571 g/mol. The number of unbranched alkanes of at least 4 members (excludes halogenated alkanes) is 3. The molecule has 4 rings (SSSR count). The fraction of sp³-hybridized carbons (Fsp3) is 0.355. The van der Waals surface area contributed by atoms with E-state index in [9.17, 15) is 14.4 Å². The van der Waals surface area contributed by atoms with Crippen molar-refractivity contribution in [3.05, 3.63) is 60.3 Å². The van der Waals surface area contributed by atoms with E-state index in [2.05, 4.69) is 15.6 Å². The molecule has 3 amide bonds. The second-order valence-corrected chi connectivity index (χ2v) is 11.3. The third-order valence-electron chi connectivity index (χ3n) is 6.74. The molecule has 0 aliphatic heterocycles. The molecule has 0 aliphatic carbocycles. The van der Waals surface area contributed by atoms with Gasteiger partial charge in [0.25, 0.3) is 0 Å². The van der Waals surface area contributed by atoms with Crippen molar-refractivity contribution < 1.29 is 19.6 Å². The second-order valence-electron chi connectivity index (χ2n) is 11.3. The standard InChI is InChI=1S/C31H37N7O4/c1-20-14-15-21(18-24(20)34-30(41)31(2,3)4)25-19-38-27(33-25)17-16-23(36-38)22-10-9-11-26(32-22)35-28(39)12-7-5-6-8-13-29(40)37-42/h9-11,14-19,42H,5-8,12-13H2,1-4H3,(H,34,41)(H,37,40)(H,32,35,39). The number of aromatic nitrogens is 4. The van der Waals surface area contributed by atoms with Crippen molar-refractivity contribution in [2.75, 3.05) is 10.6 Å². The van der Waals surface area contributed by atoms with Crippen LogP contribution >= 0.6 is 0 Å². The molecule has 11 heteroatoms. The smallest absolute Gasteiger partial charge is 0.243 e. The van der Waals surface area contributed by atoms with Crippen LogP contribution in [0.3, 0.4) is 0 Å². The number of aryl methyl sites for hydroxylation is 1. The van der Waals surface area contributed by atoms with Crippen molar-refractivity contribution >= 4 is 34.9 Å².